The summed E-state index contributed by atoms with van der Waals surface area (Å²) < 4.78 is 25.0. The molecule has 0 bridgehead atoms. The SMILES string of the molecule is CC(C)Cn1nc(C(=O)O)c2c1CC[C@@H](NC1CCS(=O)(=O)CC1)C2. The molecule has 1 fully saturated rings. The maximum absolute atomic E-state index is 11.6. The number of nitrogens with one attached hydrogen (secondary N) is 1. The Hall–Kier alpha value is -1.41. The number of fused-ring (bicyclic) bond motifs is 1. The Labute approximate surface area is 148 Å². The zero-order valence-electron chi connectivity index (χ0n) is 14.9. The average Bonchev–Trinajstić information content (AvgIpc) is 2.87. The van der Waals surface area contributed by atoms with Gasteiger partial charge in [0.05, 0.1) is 11.5 Å². The van der Waals surface area contributed by atoms with Crippen LogP contribution in [0.2, 0.25) is 0 Å². The molecule has 2 heterocycles. The molecule has 8 heteroatoms. The van der Waals surface area contributed by atoms with Gasteiger partial charge in [0.25, 0.3) is 0 Å². The molecular weight excluding hydrogens is 342 g/mol. The van der Waals surface area contributed by atoms with Crippen LogP contribution in [-0.2, 0) is 29.2 Å². The lowest BCUT2D eigenvalue weighted by atomic mass is 9.90. The van der Waals surface area contributed by atoms with E-state index in [1.54, 1.807) is 0 Å². The van der Waals surface area contributed by atoms with E-state index in [2.05, 4.69) is 24.3 Å². The lowest BCUT2D eigenvalue weighted by Gasteiger charge is -2.31. The lowest BCUT2D eigenvalue weighted by molar-refractivity contribution is 0.0688. The Morgan fingerprint density at radius 1 is 1.28 bits per heavy atom. The van der Waals surface area contributed by atoms with Crippen molar-refractivity contribution in [2.45, 2.75) is 64.6 Å². The number of aromatic nitrogens is 2. The van der Waals surface area contributed by atoms with Gasteiger partial charge < -0.3 is 10.4 Å². The van der Waals surface area contributed by atoms with Gasteiger partial charge in [0.15, 0.2) is 5.69 Å². The van der Waals surface area contributed by atoms with Crippen LogP contribution in [-0.4, -0.2) is 52.9 Å². The Morgan fingerprint density at radius 2 is 1.96 bits per heavy atom. The number of carboxylic acids is 1. The van der Waals surface area contributed by atoms with Crippen LogP contribution in [0.1, 0.15) is 54.9 Å². The number of hydrogen-bond acceptors (Lipinski definition) is 5. The van der Waals surface area contributed by atoms with Crippen LogP contribution in [0.5, 0.6) is 0 Å². The van der Waals surface area contributed by atoms with E-state index < -0.39 is 15.8 Å². The van der Waals surface area contributed by atoms with Gasteiger partial charge in [-0.3, -0.25) is 4.68 Å². The predicted octanol–water partition coefficient (Wildman–Crippen LogP) is 1.26. The molecule has 0 unspecified atom stereocenters. The molecule has 0 radical (unpaired) electrons. The standard InChI is InChI=1S/C17H27N3O4S/c1-11(2)10-20-15-4-3-13(9-14(15)16(19-20)17(21)22)18-12-5-7-25(23,24)8-6-12/h11-13,18H,3-10H2,1-2H3,(H,21,22)/t13-/m1/s1. The smallest absolute Gasteiger partial charge is 0.356 e. The fourth-order valence-corrected chi connectivity index (χ4v) is 5.38. The molecule has 1 aromatic heterocycles. The molecule has 0 spiro atoms. The van der Waals surface area contributed by atoms with Crippen LogP contribution in [0, 0.1) is 5.92 Å². The van der Waals surface area contributed by atoms with Crippen molar-refractivity contribution < 1.29 is 18.3 Å². The summed E-state index contributed by atoms with van der Waals surface area (Å²) >= 11 is 0. The molecule has 0 aromatic carbocycles. The van der Waals surface area contributed by atoms with E-state index in [0.29, 0.717) is 25.2 Å². The maximum Gasteiger partial charge on any atom is 0.356 e. The predicted molar refractivity (Wildman–Crippen MR) is 94.6 cm³/mol. The van der Waals surface area contributed by atoms with E-state index in [1.807, 2.05) is 4.68 Å². The van der Waals surface area contributed by atoms with Crippen molar-refractivity contribution in [3.8, 4) is 0 Å². The van der Waals surface area contributed by atoms with Crippen molar-refractivity contribution in [2.75, 3.05) is 11.5 Å². The highest BCUT2D eigenvalue weighted by atomic mass is 32.2. The topological polar surface area (TPSA) is 101 Å². The molecule has 2 aliphatic rings. The molecule has 2 N–H and O–H groups in total. The molecule has 1 atom stereocenters. The number of nitrogens with zero attached hydrogens (tertiary/aromatic N) is 2. The van der Waals surface area contributed by atoms with Crippen molar-refractivity contribution in [1.82, 2.24) is 15.1 Å². The van der Waals surface area contributed by atoms with E-state index >= 15 is 0 Å². The third-order valence-corrected chi connectivity index (χ3v) is 6.83. The van der Waals surface area contributed by atoms with E-state index in [9.17, 15) is 18.3 Å². The van der Waals surface area contributed by atoms with Crippen molar-refractivity contribution in [1.29, 1.82) is 0 Å². The van der Waals surface area contributed by atoms with Gasteiger partial charge in [-0.05, 0) is 38.0 Å². The van der Waals surface area contributed by atoms with Gasteiger partial charge in [-0.15, -0.1) is 0 Å². The molecule has 1 aliphatic carbocycles. The summed E-state index contributed by atoms with van der Waals surface area (Å²) in [5.74, 6) is -0.0705. The highest BCUT2D eigenvalue weighted by molar-refractivity contribution is 7.91. The first-order chi connectivity index (χ1) is 11.7. The zero-order valence-corrected chi connectivity index (χ0v) is 15.7. The number of aromatic carboxylic acids is 1. The monoisotopic (exact) mass is 369 g/mol. The third kappa shape index (κ3) is 4.23. The number of carbonyl (C=O) groups is 1. The summed E-state index contributed by atoms with van der Waals surface area (Å²) in [4.78, 5) is 11.6. The minimum Gasteiger partial charge on any atom is -0.476 e. The van der Waals surface area contributed by atoms with E-state index in [0.717, 1.165) is 30.6 Å². The maximum atomic E-state index is 11.6. The number of hydrogen-bond donors (Lipinski definition) is 2. The minimum absolute atomic E-state index is 0.174. The van der Waals surface area contributed by atoms with Gasteiger partial charge in [0, 0.05) is 29.9 Å². The summed E-state index contributed by atoms with van der Waals surface area (Å²) in [6.07, 6.45) is 3.68. The molecule has 7 nitrogen and oxygen atoms in total. The first-order valence-electron chi connectivity index (χ1n) is 9.03. The Balaban J connectivity index is 1.72. The second-order valence-corrected chi connectivity index (χ2v) is 9.99. The van der Waals surface area contributed by atoms with Gasteiger partial charge in [-0.2, -0.15) is 5.10 Å². The molecule has 0 saturated carbocycles. The Kier molecular flexibility index (Phi) is 5.20. The van der Waals surface area contributed by atoms with E-state index in [4.69, 9.17) is 0 Å². The van der Waals surface area contributed by atoms with Gasteiger partial charge in [0.2, 0.25) is 0 Å². The molecule has 0 amide bonds. The molecular formula is C17H27N3O4S. The number of sulfone groups is 1. The molecule has 1 aromatic rings. The van der Waals surface area contributed by atoms with E-state index in [-0.39, 0.29) is 29.3 Å². The van der Waals surface area contributed by atoms with Crippen molar-refractivity contribution in [2.24, 2.45) is 5.92 Å². The van der Waals surface area contributed by atoms with Crippen LogP contribution >= 0.6 is 0 Å². The summed E-state index contributed by atoms with van der Waals surface area (Å²) in [5, 5.41) is 17.4. The van der Waals surface area contributed by atoms with Gasteiger partial charge in [-0.25, -0.2) is 13.2 Å². The van der Waals surface area contributed by atoms with Crippen LogP contribution in [0.15, 0.2) is 0 Å². The third-order valence-electron chi connectivity index (χ3n) is 5.11. The molecule has 3 rings (SSSR count). The van der Waals surface area contributed by atoms with Crippen LogP contribution in [0.3, 0.4) is 0 Å². The summed E-state index contributed by atoms with van der Waals surface area (Å²) in [7, 11) is -2.86. The summed E-state index contributed by atoms with van der Waals surface area (Å²) in [6, 6.07) is 0.391. The van der Waals surface area contributed by atoms with Gasteiger partial charge in [0.1, 0.15) is 9.84 Å². The highest BCUT2D eigenvalue weighted by Crippen LogP contribution is 2.27. The van der Waals surface area contributed by atoms with Crippen molar-refractivity contribution >= 4 is 15.8 Å². The van der Waals surface area contributed by atoms with Crippen LogP contribution in [0.25, 0.3) is 0 Å². The molecule has 1 saturated heterocycles. The minimum atomic E-state index is -2.86. The van der Waals surface area contributed by atoms with Crippen molar-refractivity contribution in [3.05, 3.63) is 17.0 Å². The van der Waals surface area contributed by atoms with Gasteiger partial charge >= 0.3 is 5.97 Å². The second-order valence-electron chi connectivity index (χ2n) is 7.69. The first-order valence-corrected chi connectivity index (χ1v) is 10.9. The number of rotatable bonds is 5. The van der Waals surface area contributed by atoms with E-state index in [1.165, 1.54) is 0 Å². The Bertz CT molecular complexity index is 740. The lowest BCUT2D eigenvalue weighted by Crippen LogP contribution is -2.45. The highest BCUT2D eigenvalue weighted by Gasteiger charge is 2.31. The number of carboxylic acid groups (broad SMARTS) is 1. The normalized spacial score (nSPS) is 23.6. The second kappa shape index (κ2) is 7.07. The van der Waals surface area contributed by atoms with Crippen molar-refractivity contribution in [3.63, 3.8) is 0 Å². The summed E-state index contributed by atoms with van der Waals surface area (Å²) in [5.41, 5.74) is 2.07. The summed E-state index contributed by atoms with van der Waals surface area (Å²) in [6.45, 7) is 4.92. The quantitative estimate of drug-likeness (QED) is 0.810. The largest absolute Gasteiger partial charge is 0.476 e. The molecule has 140 valence electrons. The van der Waals surface area contributed by atoms with Crippen LogP contribution in [0.4, 0.5) is 0 Å². The zero-order chi connectivity index (χ0) is 18.2. The average molecular weight is 369 g/mol. The Morgan fingerprint density at radius 3 is 2.56 bits per heavy atom. The molecule has 1 aliphatic heterocycles. The first kappa shape index (κ1) is 18.4. The molecule has 25 heavy (non-hydrogen) atoms. The fraction of sp³-hybridized carbons (Fsp3) is 0.765. The van der Waals surface area contributed by atoms with Gasteiger partial charge in [-0.1, -0.05) is 13.8 Å². The van der Waals surface area contributed by atoms with Crippen LogP contribution < -0.4 is 5.32 Å². The fourth-order valence-electron chi connectivity index (χ4n) is 3.89.